The van der Waals surface area contributed by atoms with Gasteiger partial charge in [-0.15, -0.1) is 0 Å². The zero-order valence-electron chi connectivity index (χ0n) is 11.7. The Balaban J connectivity index is 1.96. The third-order valence-corrected chi connectivity index (χ3v) is 4.04. The number of aromatic nitrogens is 2. The van der Waals surface area contributed by atoms with Crippen molar-refractivity contribution < 1.29 is 14.7 Å². The lowest BCUT2D eigenvalue weighted by molar-refractivity contribution is -0.148. The van der Waals surface area contributed by atoms with E-state index in [2.05, 4.69) is 15.3 Å². The Hall–Kier alpha value is -2.05. The zero-order valence-corrected chi connectivity index (χ0v) is 11.7. The van der Waals surface area contributed by atoms with E-state index in [1.807, 2.05) is 13.8 Å². The molecule has 0 spiro atoms. The highest BCUT2D eigenvalue weighted by Crippen LogP contribution is 2.34. The quantitative estimate of drug-likeness (QED) is 0.775. The van der Waals surface area contributed by atoms with Crippen LogP contribution in [0.15, 0.2) is 12.4 Å². The maximum atomic E-state index is 12.2. The molecule has 2 amide bonds. The summed E-state index contributed by atoms with van der Waals surface area (Å²) in [6, 6.07) is -0.482. The molecule has 1 saturated heterocycles. The number of urea groups is 1. The molecule has 0 bridgehead atoms. The van der Waals surface area contributed by atoms with E-state index < -0.39 is 11.4 Å². The second-order valence-corrected chi connectivity index (χ2v) is 5.26. The minimum absolute atomic E-state index is 0.237. The van der Waals surface area contributed by atoms with E-state index in [0.29, 0.717) is 25.2 Å². The normalized spacial score (nSPS) is 23.6. The molecule has 7 heteroatoms. The monoisotopic (exact) mass is 280 g/mol. The number of rotatable bonds is 4. The van der Waals surface area contributed by atoms with Gasteiger partial charge in [0.15, 0.2) is 0 Å². The Labute approximate surface area is 117 Å². The lowest BCUT2D eigenvalue weighted by Crippen LogP contribution is -2.42. The second kappa shape index (κ2) is 5.52. The number of carbonyl (C=O) groups is 2. The van der Waals surface area contributed by atoms with E-state index in [4.69, 9.17) is 0 Å². The van der Waals surface area contributed by atoms with Crippen LogP contribution in [0.5, 0.6) is 0 Å². The summed E-state index contributed by atoms with van der Waals surface area (Å²) in [4.78, 5) is 32.1. The molecule has 1 aliphatic heterocycles. The molecule has 1 aromatic rings. The molecule has 3 N–H and O–H groups in total. The van der Waals surface area contributed by atoms with Gasteiger partial charge in [-0.2, -0.15) is 0 Å². The molecule has 7 nitrogen and oxygen atoms in total. The average molecular weight is 280 g/mol. The number of nitrogens with zero attached hydrogens (tertiary/aromatic N) is 2. The van der Waals surface area contributed by atoms with Gasteiger partial charge in [-0.1, -0.05) is 6.92 Å². The van der Waals surface area contributed by atoms with Crippen molar-refractivity contribution in [3.05, 3.63) is 18.2 Å². The van der Waals surface area contributed by atoms with Crippen molar-refractivity contribution in [3.8, 4) is 0 Å². The predicted octanol–water partition coefficient (Wildman–Crippen LogP) is 1.37. The van der Waals surface area contributed by atoms with E-state index in [1.54, 1.807) is 17.3 Å². The number of H-pyrrole nitrogens is 1. The summed E-state index contributed by atoms with van der Waals surface area (Å²) >= 11 is 0. The van der Waals surface area contributed by atoms with Crippen LogP contribution in [-0.4, -0.2) is 45.1 Å². The fourth-order valence-electron chi connectivity index (χ4n) is 2.52. The van der Waals surface area contributed by atoms with Crippen LogP contribution >= 0.6 is 0 Å². The minimum atomic E-state index is -0.825. The molecule has 1 fully saturated rings. The van der Waals surface area contributed by atoms with E-state index >= 15 is 0 Å². The summed E-state index contributed by atoms with van der Waals surface area (Å²) in [6.07, 6.45) is 4.35. The Morgan fingerprint density at radius 2 is 2.40 bits per heavy atom. The number of aromatic amines is 1. The Morgan fingerprint density at radius 3 is 2.90 bits per heavy atom. The molecule has 0 radical (unpaired) electrons. The molecule has 0 aliphatic carbocycles. The van der Waals surface area contributed by atoms with Crippen LogP contribution in [0.3, 0.4) is 0 Å². The number of imidazole rings is 1. The van der Waals surface area contributed by atoms with Crippen molar-refractivity contribution >= 4 is 12.0 Å². The summed E-state index contributed by atoms with van der Waals surface area (Å²) < 4.78 is 0. The number of carboxylic acid groups (broad SMARTS) is 1. The lowest BCUT2D eigenvalue weighted by Gasteiger charge is -2.24. The highest BCUT2D eigenvalue weighted by Gasteiger charge is 2.44. The van der Waals surface area contributed by atoms with Crippen LogP contribution in [0.1, 0.15) is 38.6 Å². The number of amides is 2. The van der Waals surface area contributed by atoms with Gasteiger partial charge in [0.2, 0.25) is 0 Å². The van der Waals surface area contributed by atoms with E-state index in [9.17, 15) is 14.7 Å². The average Bonchev–Trinajstić information content (AvgIpc) is 3.08. The van der Waals surface area contributed by atoms with Gasteiger partial charge in [0.25, 0.3) is 0 Å². The highest BCUT2D eigenvalue weighted by molar-refractivity contribution is 5.79. The number of carbonyl (C=O) groups excluding carboxylic acids is 1. The molecular weight excluding hydrogens is 260 g/mol. The molecule has 2 atom stereocenters. The maximum absolute atomic E-state index is 12.2. The summed E-state index contributed by atoms with van der Waals surface area (Å²) in [5.41, 5.74) is -0.800. The summed E-state index contributed by atoms with van der Waals surface area (Å²) in [7, 11) is 0. The van der Waals surface area contributed by atoms with Gasteiger partial charge in [0.1, 0.15) is 5.82 Å². The number of nitrogens with one attached hydrogen (secondary N) is 2. The molecule has 0 aromatic carbocycles. The molecule has 1 aromatic heterocycles. The first-order valence-corrected chi connectivity index (χ1v) is 6.76. The van der Waals surface area contributed by atoms with Crippen molar-refractivity contribution in [2.75, 3.05) is 13.1 Å². The standard InChI is InChI=1S/C13H20N4O3/c1-3-13(11(18)19)4-7-17(8-13)12(20)16-9(2)10-14-5-6-15-10/h5-6,9H,3-4,7-8H2,1-2H3,(H,14,15)(H,16,20)(H,18,19). The molecule has 2 heterocycles. The predicted molar refractivity (Wildman–Crippen MR) is 72.1 cm³/mol. The maximum Gasteiger partial charge on any atom is 0.318 e. The Kier molecular flexibility index (Phi) is 3.96. The van der Waals surface area contributed by atoms with Gasteiger partial charge in [-0.3, -0.25) is 4.79 Å². The lowest BCUT2D eigenvalue weighted by atomic mass is 9.84. The number of hydrogen-bond acceptors (Lipinski definition) is 3. The van der Waals surface area contributed by atoms with Crippen LogP contribution in [0.2, 0.25) is 0 Å². The molecule has 110 valence electrons. The van der Waals surface area contributed by atoms with Crippen molar-refractivity contribution in [2.24, 2.45) is 5.41 Å². The Bertz CT molecular complexity index is 488. The smallest absolute Gasteiger partial charge is 0.318 e. The van der Waals surface area contributed by atoms with Gasteiger partial charge in [0.05, 0.1) is 11.5 Å². The number of likely N-dealkylation sites (tertiary alicyclic amines) is 1. The molecule has 20 heavy (non-hydrogen) atoms. The van der Waals surface area contributed by atoms with Crippen LogP contribution in [0.25, 0.3) is 0 Å². The minimum Gasteiger partial charge on any atom is -0.481 e. The Morgan fingerprint density at radius 1 is 1.65 bits per heavy atom. The number of carboxylic acids is 1. The molecule has 0 saturated carbocycles. The fraction of sp³-hybridized carbons (Fsp3) is 0.615. The SMILES string of the molecule is CCC1(C(=O)O)CCN(C(=O)NC(C)c2ncc[nH]2)C1. The largest absolute Gasteiger partial charge is 0.481 e. The third kappa shape index (κ3) is 2.61. The van der Waals surface area contributed by atoms with Crippen LogP contribution in [-0.2, 0) is 4.79 Å². The van der Waals surface area contributed by atoms with Crippen molar-refractivity contribution in [2.45, 2.75) is 32.7 Å². The molecular formula is C13H20N4O3. The first kappa shape index (κ1) is 14.4. The number of aliphatic carboxylic acids is 1. The van der Waals surface area contributed by atoms with Gasteiger partial charge in [-0.25, -0.2) is 9.78 Å². The van der Waals surface area contributed by atoms with E-state index in [1.165, 1.54) is 0 Å². The fourth-order valence-corrected chi connectivity index (χ4v) is 2.52. The molecule has 1 aliphatic rings. The third-order valence-electron chi connectivity index (χ3n) is 4.04. The first-order valence-electron chi connectivity index (χ1n) is 6.76. The first-order chi connectivity index (χ1) is 9.48. The van der Waals surface area contributed by atoms with E-state index in [-0.39, 0.29) is 18.6 Å². The van der Waals surface area contributed by atoms with Gasteiger partial charge < -0.3 is 20.3 Å². The highest BCUT2D eigenvalue weighted by atomic mass is 16.4. The topological polar surface area (TPSA) is 98.3 Å². The summed E-state index contributed by atoms with van der Waals surface area (Å²) in [5.74, 6) is -0.146. The van der Waals surface area contributed by atoms with Crippen molar-refractivity contribution in [1.82, 2.24) is 20.2 Å². The number of hydrogen-bond donors (Lipinski definition) is 3. The van der Waals surface area contributed by atoms with Crippen LogP contribution in [0.4, 0.5) is 4.79 Å². The van der Waals surface area contributed by atoms with E-state index in [0.717, 1.165) is 0 Å². The zero-order chi connectivity index (χ0) is 14.8. The van der Waals surface area contributed by atoms with Crippen LogP contribution in [0, 0.1) is 5.41 Å². The molecule has 2 rings (SSSR count). The molecule has 2 unspecified atom stereocenters. The van der Waals surface area contributed by atoms with Crippen LogP contribution < -0.4 is 5.32 Å². The van der Waals surface area contributed by atoms with Gasteiger partial charge in [0, 0.05) is 25.5 Å². The van der Waals surface area contributed by atoms with Gasteiger partial charge >= 0.3 is 12.0 Å². The van der Waals surface area contributed by atoms with Crippen molar-refractivity contribution in [1.29, 1.82) is 0 Å². The van der Waals surface area contributed by atoms with Crippen molar-refractivity contribution in [3.63, 3.8) is 0 Å². The van der Waals surface area contributed by atoms with Gasteiger partial charge in [-0.05, 0) is 19.8 Å². The summed E-state index contributed by atoms with van der Waals surface area (Å²) in [6.45, 7) is 4.41. The second-order valence-electron chi connectivity index (χ2n) is 5.26. The summed E-state index contributed by atoms with van der Waals surface area (Å²) in [5, 5.41) is 12.1.